The van der Waals surface area contributed by atoms with Crippen molar-refractivity contribution in [3.8, 4) is 0 Å². The maximum atomic E-state index is 4.84. The maximum Gasteiger partial charge on any atom is 0.159 e. The average Bonchev–Trinajstić information content (AvgIpc) is 2.80. The van der Waals surface area contributed by atoms with Gasteiger partial charge in [0.05, 0.1) is 0 Å². The van der Waals surface area contributed by atoms with Crippen LogP contribution in [-0.4, -0.2) is 26.0 Å². The Bertz CT molecular complexity index is 529. The molecule has 96 valence electrons. The minimum Gasteiger partial charge on any atom is -0.312 e. The second-order valence-corrected chi connectivity index (χ2v) is 6.03. The molecule has 1 aliphatic rings. The Kier molecular flexibility index (Phi) is 3.55. The molecule has 2 aromatic heterocycles. The molecule has 0 N–H and O–H groups in total. The van der Waals surface area contributed by atoms with E-state index >= 15 is 0 Å². The van der Waals surface area contributed by atoms with E-state index in [4.69, 9.17) is 4.98 Å². The van der Waals surface area contributed by atoms with Crippen molar-refractivity contribution in [2.45, 2.75) is 38.6 Å². The van der Waals surface area contributed by atoms with Gasteiger partial charge in [0, 0.05) is 24.4 Å². The summed E-state index contributed by atoms with van der Waals surface area (Å²) in [7, 11) is 0. The van der Waals surface area contributed by atoms with Crippen LogP contribution in [0.3, 0.4) is 0 Å². The Hall–Kier alpha value is -1.03. The minimum atomic E-state index is 0.615. The van der Waals surface area contributed by atoms with Gasteiger partial charge < -0.3 is 4.57 Å². The average molecular weight is 261 g/mol. The van der Waals surface area contributed by atoms with Crippen molar-refractivity contribution in [3.63, 3.8) is 0 Å². The standard InChI is InChI=1S/C14H19N3S/c1-2-8-17-13(11-5-4-9-18-10-11)16-12-6-3-7-15-14(12)17/h3,6-7,11H,2,4-5,8-10H2,1H3. The van der Waals surface area contributed by atoms with Crippen molar-refractivity contribution < 1.29 is 0 Å². The molecule has 1 saturated heterocycles. The lowest BCUT2D eigenvalue weighted by Gasteiger charge is -2.21. The molecule has 0 radical (unpaired) electrons. The third kappa shape index (κ3) is 2.14. The zero-order valence-corrected chi connectivity index (χ0v) is 11.6. The van der Waals surface area contributed by atoms with Crippen molar-refractivity contribution in [2.24, 2.45) is 0 Å². The van der Waals surface area contributed by atoms with Crippen LogP contribution in [0.15, 0.2) is 18.3 Å². The van der Waals surface area contributed by atoms with Crippen LogP contribution in [0.4, 0.5) is 0 Å². The van der Waals surface area contributed by atoms with Crippen molar-refractivity contribution in [3.05, 3.63) is 24.2 Å². The second kappa shape index (κ2) is 5.31. The first-order valence-corrected chi connectivity index (χ1v) is 7.94. The highest BCUT2D eigenvalue weighted by Crippen LogP contribution is 2.32. The summed E-state index contributed by atoms with van der Waals surface area (Å²) in [6.45, 7) is 3.25. The number of nitrogens with zero attached hydrogens (tertiary/aromatic N) is 3. The zero-order chi connectivity index (χ0) is 12.4. The predicted molar refractivity (Wildman–Crippen MR) is 77.1 cm³/mol. The molecule has 3 rings (SSSR count). The Morgan fingerprint density at radius 3 is 3.22 bits per heavy atom. The highest BCUT2D eigenvalue weighted by molar-refractivity contribution is 7.99. The highest BCUT2D eigenvalue weighted by Gasteiger charge is 2.22. The van der Waals surface area contributed by atoms with Gasteiger partial charge in [0.2, 0.25) is 0 Å². The fraction of sp³-hybridized carbons (Fsp3) is 0.571. The van der Waals surface area contributed by atoms with Gasteiger partial charge in [-0.05, 0) is 37.1 Å². The summed E-state index contributed by atoms with van der Waals surface area (Å²) < 4.78 is 2.34. The smallest absolute Gasteiger partial charge is 0.159 e. The molecular formula is C14H19N3S. The summed E-state index contributed by atoms with van der Waals surface area (Å²) in [6.07, 6.45) is 5.60. The number of thioether (sulfide) groups is 1. The van der Waals surface area contributed by atoms with Gasteiger partial charge >= 0.3 is 0 Å². The molecule has 0 amide bonds. The molecule has 3 nitrogen and oxygen atoms in total. The predicted octanol–water partition coefficient (Wildman–Crippen LogP) is 3.45. The molecule has 18 heavy (non-hydrogen) atoms. The van der Waals surface area contributed by atoms with Crippen LogP contribution in [0, 0.1) is 0 Å². The second-order valence-electron chi connectivity index (χ2n) is 4.88. The van der Waals surface area contributed by atoms with Gasteiger partial charge in [0.25, 0.3) is 0 Å². The fourth-order valence-corrected chi connectivity index (χ4v) is 3.81. The SMILES string of the molecule is CCCn1c(C2CCCSC2)nc2cccnc21. The number of hydrogen-bond donors (Lipinski definition) is 0. The Labute approximate surface area is 112 Å². The minimum absolute atomic E-state index is 0.615. The van der Waals surface area contributed by atoms with Crippen LogP contribution in [-0.2, 0) is 6.54 Å². The topological polar surface area (TPSA) is 30.7 Å². The lowest BCUT2D eigenvalue weighted by molar-refractivity contribution is 0.565. The number of fused-ring (bicyclic) bond motifs is 1. The molecule has 0 aromatic carbocycles. The van der Waals surface area contributed by atoms with Crippen LogP contribution in [0.1, 0.15) is 37.9 Å². The molecule has 4 heteroatoms. The van der Waals surface area contributed by atoms with Crippen molar-refractivity contribution >= 4 is 22.9 Å². The van der Waals surface area contributed by atoms with Crippen LogP contribution < -0.4 is 0 Å². The van der Waals surface area contributed by atoms with Gasteiger partial charge in [-0.1, -0.05) is 6.92 Å². The summed E-state index contributed by atoms with van der Waals surface area (Å²) in [5, 5.41) is 0. The van der Waals surface area contributed by atoms with E-state index in [2.05, 4.69) is 34.3 Å². The van der Waals surface area contributed by atoms with E-state index in [0.717, 1.165) is 24.1 Å². The molecular weight excluding hydrogens is 242 g/mol. The summed E-state index contributed by atoms with van der Waals surface area (Å²) in [4.78, 5) is 9.35. The van der Waals surface area contributed by atoms with Gasteiger partial charge in [-0.2, -0.15) is 11.8 Å². The van der Waals surface area contributed by atoms with E-state index in [-0.39, 0.29) is 0 Å². The Morgan fingerprint density at radius 2 is 2.44 bits per heavy atom. The van der Waals surface area contributed by atoms with Crippen molar-refractivity contribution in [2.75, 3.05) is 11.5 Å². The molecule has 0 saturated carbocycles. The van der Waals surface area contributed by atoms with Crippen molar-refractivity contribution in [1.82, 2.24) is 14.5 Å². The molecule has 2 aromatic rings. The summed E-state index contributed by atoms with van der Waals surface area (Å²) in [5.41, 5.74) is 2.11. The third-order valence-corrected chi connectivity index (χ3v) is 4.72. The Balaban J connectivity index is 2.05. The van der Waals surface area contributed by atoms with E-state index in [9.17, 15) is 0 Å². The summed E-state index contributed by atoms with van der Waals surface area (Å²) in [5.74, 6) is 4.40. The molecule has 1 atom stereocenters. The van der Waals surface area contributed by atoms with Gasteiger partial charge in [0.1, 0.15) is 11.3 Å². The molecule has 1 unspecified atom stereocenters. The summed E-state index contributed by atoms with van der Waals surface area (Å²) in [6, 6.07) is 4.05. The first kappa shape index (κ1) is 12.0. The van der Waals surface area contributed by atoms with Gasteiger partial charge in [-0.15, -0.1) is 0 Å². The van der Waals surface area contributed by atoms with Gasteiger partial charge in [0.15, 0.2) is 5.65 Å². The number of rotatable bonds is 3. The lowest BCUT2D eigenvalue weighted by Crippen LogP contribution is -2.15. The number of hydrogen-bond acceptors (Lipinski definition) is 3. The fourth-order valence-electron chi connectivity index (χ4n) is 2.68. The van der Waals surface area contributed by atoms with E-state index in [1.807, 2.05) is 12.3 Å². The zero-order valence-electron chi connectivity index (χ0n) is 10.8. The van der Waals surface area contributed by atoms with Crippen molar-refractivity contribution in [1.29, 1.82) is 0 Å². The van der Waals surface area contributed by atoms with E-state index < -0.39 is 0 Å². The van der Waals surface area contributed by atoms with E-state index in [1.54, 1.807) is 0 Å². The number of aryl methyl sites for hydroxylation is 1. The quantitative estimate of drug-likeness (QED) is 0.848. The number of imidazole rings is 1. The first-order chi connectivity index (χ1) is 8.90. The van der Waals surface area contributed by atoms with Crippen LogP contribution in [0.25, 0.3) is 11.2 Å². The van der Waals surface area contributed by atoms with Crippen LogP contribution in [0.5, 0.6) is 0 Å². The normalized spacial score (nSPS) is 20.4. The number of aromatic nitrogens is 3. The largest absolute Gasteiger partial charge is 0.312 e. The molecule has 0 bridgehead atoms. The molecule has 3 heterocycles. The maximum absolute atomic E-state index is 4.84. The highest BCUT2D eigenvalue weighted by atomic mass is 32.2. The lowest BCUT2D eigenvalue weighted by atomic mass is 10.0. The Morgan fingerprint density at radius 1 is 1.50 bits per heavy atom. The van der Waals surface area contributed by atoms with E-state index in [1.165, 1.54) is 30.2 Å². The monoisotopic (exact) mass is 261 g/mol. The molecule has 0 aliphatic carbocycles. The number of pyridine rings is 1. The van der Waals surface area contributed by atoms with E-state index in [0.29, 0.717) is 5.92 Å². The molecule has 1 aliphatic heterocycles. The molecule has 1 fully saturated rings. The third-order valence-electron chi connectivity index (χ3n) is 3.51. The first-order valence-electron chi connectivity index (χ1n) is 6.79. The summed E-state index contributed by atoms with van der Waals surface area (Å²) >= 11 is 2.06. The van der Waals surface area contributed by atoms with Gasteiger partial charge in [-0.3, -0.25) is 0 Å². The van der Waals surface area contributed by atoms with Gasteiger partial charge in [-0.25, -0.2) is 9.97 Å². The van der Waals surface area contributed by atoms with Crippen LogP contribution >= 0.6 is 11.8 Å². The van der Waals surface area contributed by atoms with Crippen LogP contribution in [0.2, 0.25) is 0 Å². The molecule has 0 spiro atoms.